The van der Waals surface area contributed by atoms with Gasteiger partial charge in [0, 0.05) is 5.41 Å². The van der Waals surface area contributed by atoms with E-state index in [0.717, 1.165) is 32.1 Å². The number of hydrogen-bond donors (Lipinski definition) is 0. The predicted octanol–water partition coefficient (Wildman–Crippen LogP) is 1.92. The Morgan fingerprint density at radius 1 is 1.44 bits per heavy atom. The van der Waals surface area contributed by atoms with Crippen molar-refractivity contribution in [3.63, 3.8) is 0 Å². The molecule has 1 aromatic rings. The summed E-state index contributed by atoms with van der Waals surface area (Å²) in [7, 11) is 0. The normalized spacial score (nSPS) is 22.1. The minimum Gasteiger partial charge on any atom is -0.339 e. The van der Waals surface area contributed by atoms with Gasteiger partial charge in [-0.3, -0.25) is 4.90 Å². The molecule has 100 valence electrons. The molecule has 0 aromatic carbocycles. The van der Waals surface area contributed by atoms with Gasteiger partial charge in [0.05, 0.1) is 12.6 Å². The van der Waals surface area contributed by atoms with Gasteiger partial charge in [-0.1, -0.05) is 32.3 Å². The summed E-state index contributed by atoms with van der Waals surface area (Å²) < 4.78 is 5.26. The molecule has 0 aliphatic carbocycles. The molecule has 0 bridgehead atoms. The van der Waals surface area contributed by atoms with Gasteiger partial charge in [0.25, 0.3) is 0 Å². The van der Waals surface area contributed by atoms with Gasteiger partial charge in [-0.05, 0) is 19.4 Å². The van der Waals surface area contributed by atoms with Crippen LogP contribution in [0.15, 0.2) is 4.52 Å². The third kappa shape index (κ3) is 2.96. The first-order valence-electron chi connectivity index (χ1n) is 6.53. The van der Waals surface area contributed by atoms with Crippen molar-refractivity contribution in [3.8, 4) is 0 Å². The standard InChI is InChI=1S/C13H21N3O2/c1-13(2,3)12-14-11(15-18-12)8-16-7-5-4-6-10(16)9-17/h9-10H,4-8H2,1-3H3. The Balaban J connectivity index is 2.04. The Hall–Kier alpha value is -1.23. The van der Waals surface area contributed by atoms with Crippen LogP contribution in [0, 0.1) is 0 Å². The topological polar surface area (TPSA) is 59.2 Å². The second-order valence-corrected chi connectivity index (χ2v) is 5.94. The Morgan fingerprint density at radius 3 is 2.83 bits per heavy atom. The van der Waals surface area contributed by atoms with E-state index in [9.17, 15) is 4.79 Å². The van der Waals surface area contributed by atoms with E-state index in [0.29, 0.717) is 18.3 Å². The van der Waals surface area contributed by atoms with E-state index in [4.69, 9.17) is 4.52 Å². The van der Waals surface area contributed by atoms with Gasteiger partial charge >= 0.3 is 0 Å². The van der Waals surface area contributed by atoms with E-state index >= 15 is 0 Å². The zero-order chi connectivity index (χ0) is 13.2. The molecule has 1 saturated heterocycles. The number of carbonyl (C=O) groups is 1. The Kier molecular flexibility index (Phi) is 3.80. The molecule has 1 aromatic heterocycles. The molecule has 2 rings (SSSR count). The highest BCUT2D eigenvalue weighted by Gasteiger charge is 2.25. The first kappa shape index (κ1) is 13.2. The number of rotatable bonds is 3. The lowest BCUT2D eigenvalue weighted by Crippen LogP contribution is -2.40. The maximum Gasteiger partial charge on any atom is 0.232 e. The van der Waals surface area contributed by atoms with Gasteiger partial charge in [0.15, 0.2) is 5.82 Å². The lowest BCUT2D eigenvalue weighted by Gasteiger charge is -2.30. The molecule has 0 saturated carbocycles. The zero-order valence-electron chi connectivity index (χ0n) is 11.3. The summed E-state index contributed by atoms with van der Waals surface area (Å²) >= 11 is 0. The van der Waals surface area contributed by atoms with Crippen LogP contribution in [0.2, 0.25) is 0 Å². The van der Waals surface area contributed by atoms with Crippen molar-refractivity contribution in [2.75, 3.05) is 6.54 Å². The molecule has 0 spiro atoms. The summed E-state index contributed by atoms with van der Waals surface area (Å²) in [6.45, 7) is 7.66. The van der Waals surface area contributed by atoms with Crippen LogP contribution in [0.5, 0.6) is 0 Å². The molecule has 1 aliphatic rings. The third-order valence-electron chi connectivity index (χ3n) is 3.28. The number of likely N-dealkylation sites (tertiary alicyclic amines) is 1. The average molecular weight is 251 g/mol. The van der Waals surface area contributed by atoms with Crippen molar-refractivity contribution in [1.29, 1.82) is 0 Å². The molecule has 0 amide bonds. The van der Waals surface area contributed by atoms with Crippen molar-refractivity contribution in [2.45, 2.75) is 58.0 Å². The lowest BCUT2D eigenvalue weighted by molar-refractivity contribution is -0.113. The molecule has 0 N–H and O–H groups in total. The second-order valence-electron chi connectivity index (χ2n) is 5.94. The molecule has 5 nitrogen and oxygen atoms in total. The average Bonchev–Trinajstić information content (AvgIpc) is 2.78. The molecule has 2 heterocycles. The first-order chi connectivity index (χ1) is 8.50. The largest absolute Gasteiger partial charge is 0.339 e. The van der Waals surface area contributed by atoms with Gasteiger partial charge in [-0.2, -0.15) is 4.98 Å². The second kappa shape index (κ2) is 5.18. The summed E-state index contributed by atoms with van der Waals surface area (Å²) in [5, 5.41) is 4.00. The van der Waals surface area contributed by atoms with E-state index in [1.54, 1.807) is 0 Å². The van der Waals surface area contributed by atoms with Crippen molar-refractivity contribution in [1.82, 2.24) is 15.0 Å². The van der Waals surface area contributed by atoms with Crippen LogP contribution >= 0.6 is 0 Å². The Labute approximate surface area is 108 Å². The van der Waals surface area contributed by atoms with Gasteiger partial charge in [-0.15, -0.1) is 0 Å². The van der Waals surface area contributed by atoms with Gasteiger partial charge in [0.1, 0.15) is 6.29 Å². The van der Waals surface area contributed by atoms with Crippen LogP contribution < -0.4 is 0 Å². The summed E-state index contributed by atoms with van der Waals surface area (Å²) in [5.74, 6) is 1.32. The molecular weight excluding hydrogens is 230 g/mol. The maximum atomic E-state index is 11.0. The molecule has 1 fully saturated rings. The zero-order valence-corrected chi connectivity index (χ0v) is 11.3. The minimum atomic E-state index is -0.128. The van der Waals surface area contributed by atoms with E-state index in [2.05, 4.69) is 15.0 Å². The molecule has 5 heteroatoms. The Bertz CT molecular complexity index is 409. The van der Waals surface area contributed by atoms with Gasteiger partial charge in [0.2, 0.25) is 5.89 Å². The highest BCUT2D eigenvalue weighted by atomic mass is 16.5. The summed E-state index contributed by atoms with van der Waals surface area (Å²) in [6, 6.07) is 0.00957. The monoisotopic (exact) mass is 251 g/mol. The van der Waals surface area contributed by atoms with Gasteiger partial charge < -0.3 is 9.32 Å². The summed E-state index contributed by atoms with van der Waals surface area (Å²) in [4.78, 5) is 17.6. The van der Waals surface area contributed by atoms with Crippen LogP contribution in [0.3, 0.4) is 0 Å². The van der Waals surface area contributed by atoms with Crippen LogP contribution in [-0.4, -0.2) is 33.9 Å². The highest BCUT2D eigenvalue weighted by molar-refractivity contribution is 5.57. The molecule has 1 aliphatic heterocycles. The SMILES string of the molecule is CC(C)(C)c1nc(CN2CCCCC2C=O)no1. The number of hydrogen-bond acceptors (Lipinski definition) is 5. The molecule has 1 unspecified atom stereocenters. The fourth-order valence-electron chi connectivity index (χ4n) is 2.17. The van der Waals surface area contributed by atoms with Crippen molar-refractivity contribution < 1.29 is 9.32 Å². The fraction of sp³-hybridized carbons (Fsp3) is 0.769. The number of nitrogens with zero attached hydrogens (tertiary/aromatic N) is 3. The smallest absolute Gasteiger partial charge is 0.232 e. The quantitative estimate of drug-likeness (QED) is 0.768. The summed E-state index contributed by atoms with van der Waals surface area (Å²) in [6.07, 6.45) is 4.23. The van der Waals surface area contributed by atoms with Crippen molar-refractivity contribution in [3.05, 3.63) is 11.7 Å². The van der Waals surface area contributed by atoms with Gasteiger partial charge in [-0.25, -0.2) is 0 Å². The number of piperidine rings is 1. The van der Waals surface area contributed by atoms with Crippen LogP contribution in [0.1, 0.15) is 51.7 Å². The highest BCUT2D eigenvalue weighted by Crippen LogP contribution is 2.21. The van der Waals surface area contributed by atoms with Crippen LogP contribution in [0.25, 0.3) is 0 Å². The first-order valence-corrected chi connectivity index (χ1v) is 6.53. The Morgan fingerprint density at radius 2 is 2.22 bits per heavy atom. The van der Waals surface area contributed by atoms with E-state index in [1.807, 2.05) is 20.8 Å². The molecular formula is C13H21N3O2. The number of aldehydes is 1. The molecule has 1 atom stereocenters. The van der Waals surface area contributed by atoms with E-state index in [-0.39, 0.29) is 11.5 Å². The third-order valence-corrected chi connectivity index (χ3v) is 3.28. The number of aromatic nitrogens is 2. The summed E-state index contributed by atoms with van der Waals surface area (Å²) in [5.41, 5.74) is -0.128. The maximum absolute atomic E-state index is 11.0. The van der Waals surface area contributed by atoms with Crippen LogP contribution in [-0.2, 0) is 16.8 Å². The fourth-order valence-corrected chi connectivity index (χ4v) is 2.17. The van der Waals surface area contributed by atoms with Crippen LogP contribution in [0.4, 0.5) is 0 Å². The van der Waals surface area contributed by atoms with Crippen molar-refractivity contribution in [2.24, 2.45) is 0 Å². The lowest BCUT2D eigenvalue weighted by atomic mass is 9.97. The predicted molar refractivity (Wildman–Crippen MR) is 67.1 cm³/mol. The van der Waals surface area contributed by atoms with E-state index in [1.165, 1.54) is 0 Å². The molecule has 18 heavy (non-hydrogen) atoms. The number of carbonyl (C=O) groups excluding carboxylic acids is 1. The van der Waals surface area contributed by atoms with Crippen molar-refractivity contribution >= 4 is 6.29 Å². The molecule has 0 radical (unpaired) electrons. The van der Waals surface area contributed by atoms with E-state index < -0.39 is 0 Å². The minimum absolute atomic E-state index is 0.00957.